The van der Waals surface area contributed by atoms with Gasteiger partial charge in [0.15, 0.2) is 11.5 Å². The predicted octanol–water partition coefficient (Wildman–Crippen LogP) is 4.06. The van der Waals surface area contributed by atoms with E-state index in [1.54, 1.807) is 21.3 Å². The molecule has 0 aliphatic carbocycles. The van der Waals surface area contributed by atoms with Gasteiger partial charge in [0.05, 0.1) is 33.3 Å². The summed E-state index contributed by atoms with van der Waals surface area (Å²) in [5, 5.41) is 4.16. The summed E-state index contributed by atoms with van der Waals surface area (Å²) in [4.78, 5) is 8.78. The van der Waals surface area contributed by atoms with E-state index in [0.717, 1.165) is 23.1 Å². The van der Waals surface area contributed by atoms with Crippen LogP contribution in [0.5, 0.6) is 23.0 Å². The van der Waals surface area contributed by atoms with Crippen molar-refractivity contribution in [3.05, 3.63) is 42.2 Å². The Morgan fingerprint density at radius 1 is 0.929 bits per heavy atom. The number of aromatic nitrogens is 2. The molecule has 0 saturated carbocycles. The molecule has 0 aliphatic heterocycles. The fraction of sp³-hybridized carbons (Fsp3) is 0.333. The number of hydrogen-bond donors (Lipinski definition) is 1. The summed E-state index contributed by atoms with van der Waals surface area (Å²) in [5.74, 6) is 3.10. The number of nitrogens with one attached hydrogen (secondary N) is 1. The second-order valence-electron chi connectivity index (χ2n) is 6.07. The molecule has 1 N–H and O–H groups in total. The van der Waals surface area contributed by atoms with Crippen LogP contribution in [0.25, 0.3) is 10.9 Å². The molecule has 0 bridgehead atoms. The van der Waals surface area contributed by atoms with Crippen LogP contribution in [0.3, 0.4) is 0 Å². The lowest BCUT2D eigenvalue weighted by Gasteiger charge is -2.16. The van der Waals surface area contributed by atoms with Crippen LogP contribution in [0.1, 0.15) is 18.9 Å². The molecule has 7 heteroatoms. The molecule has 1 heterocycles. The highest BCUT2D eigenvalue weighted by molar-refractivity contribution is 5.96. The molecule has 0 aliphatic rings. The Morgan fingerprint density at radius 2 is 1.71 bits per heavy atom. The number of fused-ring (bicyclic) bond motifs is 1. The number of ether oxygens (including phenoxy) is 4. The van der Waals surface area contributed by atoms with Crippen molar-refractivity contribution >= 4 is 16.7 Å². The van der Waals surface area contributed by atoms with E-state index in [2.05, 4.69) is 22.2 Å². The van der Waals surface area contributed by atoms with Crippen molar-refractivity contribution in [3.63, 3.8) is 0 Å². The zero-order valence-electron chi connectivity index (χ0n) is 16.6. The summed E-state index contributed by atoms with van der Waals surface area (Å²) in [5.41, 5.74) is 1.70. The largest absolute Gasteiger partial charge is 0.493 e. The topological polar surface area (TPSA) is 74.7 Å². The van der Waals surface area contributed by atoms with Gasteiger partial charge in [0.1, 0.15) is 23.4 Å². The van der Waals surface area contributed by atoms with Crippen molar-refractivity contribution in [3.8, 4) is 23.0 Å². The molecule has 0 amide bonds. The molecule has 7 nitrogen and oxygen atoms in total. The van der Waals surface area contributed by atoms with E-state index < -0.39 is 0 Å². The fourth-order valence-corrected chi connectivity index (χ4v) is 2.99. The van der Waals surface area contributed by atoms with Gasteiger partial charge in [-0.15, -0.1) is 0 Å². The van der Waals surface area contributed by atoms with Crippen molar-refractivity contribution < 1.29 is 18.9 Å². The van der Waals surface area contributed by atoms with E-state index in [4.69, 9.17) is 18.9 Å². The number of nitrogens with zero attached hydrogens (tertiary/aromatic N) is 2. The van der Waals surface area contributed by atoms with E-state index in [-0.39, 0.29) is 0 Å². The molecular formula is C21H25N3O4. The number of methoxy groups -OCH3 is 3. The maximum atomic E-state index is 5.84. The number of para-hydroxylation sites is 1. The molecule has 0 saturated heterocycles. The molecule has 2 aromatic carbocycles. The Balaban J connectivity index is 1.97. The van der Waals surface area contributed by atoms with Crippen LogP contribution < -0.4 is 24.3 Å². The smallest absolute Gasteiger partial charge is 0.205 e. The van der Waals surface area contributed by atoms with Gasteiger partial charge in [-0.3, -0.25) is 0 Å². The minimum absolute atomic E-state index is 0.500. The maximum Gasteiger partial charge on any atom is 0.205 e. The van der Waals surface area contributed by atoms with Crippen molar-refractivity contribution in [2.24, 2.45) is 0 Å². The molecule has 148 valence electrons. The van der Waals surface area contributed by atoms with Gasteiger partial charge >= 0.3 is 0 Å². The molecule has 0 spiro atoms. The summed E-state index contributed by atoms with van der Waals surface area (Å²) in [6.07, 6.45) is 2.46. The van der Waals surface area contributed by atoms with E-state index in [0.29, 0.717) is 41.7 Å². The number of hydrogen-bond acceptors (Lipinski definition) is 7. The lowest BCUT2D eigenvalue weighted by Crippen LogP contribution is -2.06. The van der Waals surface area contributed by atoms with Gasteiger partial charge in [-0.05, 0) is 18.6 Å². The zero-order chi connectivity index (χ0) is 19.9. The van der Waals surface area contributed by atoms with E-state index >= 15 is 0 Å². The Kier molecular flexibility index (Phi) is 6.37. The van der Waals surface area contributed by atoms with Gasteiger partial charge in [0, 0.05) is 12.1 Å². The van der Waals surface area contributed by atoms with Crippen LogP contribution in [0.15, 0.2) is 36.7 Å². The molecule has 3 aromatic rings. The summed E-state index contributed by atoms with van der Waals surface area (Å²) in [7, 11) is 4.73. The maximum absolute atomic E-state index is 5.84. The first kappa shape index (κ1) is 19.5. The minimum Gasteiger partial charge on any atom is -0.493 e. The quantitative estimate of drug-likeness (QED) is 0.597. The number of benzene rings is 2. The third-order valence-corrected chi connectivity index (χ3v) is 4.31. The number of anilines is 1. The van der Waals surface area contributed by atoms with E-state index in [1.807, 2.05) is 30.3 Å². The Bertz CT molecular complexity index is 946. The average molecular weight is 383 g/mol. The summed E-state index contributed by atoms with van der Waals surface area (Å²) in [6.45, 7) is 3.33. The van der Waals surface area contributed by atoms with Gasteiger partial charge < -0.3 is 24.3 Å². The predicted molar refractivity (Wildman–Crippen MR) is 109 cm³/mol. The molecule has 0 atom stereocenters. The first-order chi connectivity index (χ1) is 13.7. The second kappa shape index (κ2) is 9.12. The fourth-order valence-electron chi connectivity index (χ4n) is 2.99. The van der Waals surface area contributed by atoms with Crippen LogP contribution in [-0.2, 0) is 6.54 Å². The monoisotopic (exact) mass is 383 g/mol. The highest BCUT2D eigenvalue weighted by atomic mass is 16.5. The second-order valence-corrected chi connectivity index (χ2v) is 6.07. The molecule has 1 aromatic heterocycles. The van der Waals surface area contributed by atoms with Crippen LogP contribution in [0.4, 0.5) is 5.82 Å². The van der Waals surface area contributed by atoms with Crippen molar-refractivity contribution in [1.29, 1.82) is 0 Å². The third-order valence-electron chi connectivity index (χ3n) is 4.31. The van der Waals surface area contributed by atoms with Crippen molar-refractivity contribution in [1.82, 2.24) is 9.97 Å². The molecule has 28 heavy (non-hydrogen) atoms. The molecule has 0 fully saturated rings. The first-order valence-electron chi connectivity index (χ1n) is 9.11. The van der Waals surface area contributed by atoms with Crippen molar-refractivity contribution in [2.75, 3.05) is 33.3 Å². The Labute approximate surface area is 164 Å². The highest BCUT2D eigenvalue weighted by Crippen LogP contribution is 2.43. The lowest BCUT2D eigenvalue weighted by molar-refractivity contribution is 0.314. The summed E-state index contributed by atoms with van der Waals surface area (Å²) >= 11 is 0. The Hall–Kier alpha value is -3.22. The normalized spacial score (nSPS) is 10.6. The van der Waals surface area contributed by atoms with Crippen molar-refractivity contribution in [2.45, 2.75) is 19.9 Å². The van der Waals surface area contributed by atoms with Crippen LogP contribution in [-0.4, -0.2) is 37.9 Å². The van der Waals surface area contributed by atoms with Crippen LogP contribution in [0.2, 0.25) is 0 Å². The molecule has 0 unspecified atom stereocenters. The minimum atomic E-state index is 0.500. The number of rotatable bonds is 9. The molecule has 3 rings (SSSR count). The molecular weight excluding hydrogens is 358 g/mol. The average Bonchev–Trinajstić information content (AvgIpc) is 2.75. The van der Waals surface area contributed by atoms with Crippen LogP contribution >= 0.6 is 0 Å². The van der Waals surface area contributed by atoms with E-state index in [9.17, 15) is 0 Å². The SMILES string of the molecule is CCCOc1ccccc1CNc1ncnc2c(OC)c(OC)c(OC)cc12. The summed E-state index contributed by atoms with van der Waals surface area (Å²) < 4.78 is 22.3. The van der Waals surface area contributed by atoms with Gasteiger partial charge in [-0.25, -0.2) is 9.97 Å². The molecule has 0 radical (unpaired) electrons. The standard InChI is InChI=1S/C21H25N3O4/c1-5-10-28-16-9-7-6-8-14(16)12-22-21-15-11-17(25-2)19(26-3)20(27-4)18(15)23-13-24-21/h6-9,11,13H,5,10,12H2,1-4H3,(H,22,23,24). The summed E-state index contributed by atoms with van der Waals surface area (Å²) in [6, 6.07) is 9.81. The highest BCUT2D eigenvalue weighted by Gasteiger charge is 2.19. The van der Waals surface area contributed by atoms with Gasteiger partial charge in [0.25, 0.3) is 0 Å². The van der Waals surface area contributed by atoms with Gasteiger partial charge in [-0.1, -0.05) is 25.1 Å². The van der Waals surface area contributed by atoms with E-state index in [1.165, 1.54) is 6.33 Å². The zero-order valence-corrected chi connectivity index (χ0v) is 16.6. The van der Waals surface area contributed by atoms with Gasteiger partial charge in [0.2, 0.25) is 5.75 Å². The van der Waals surface area contributed by atoms with Gasteiger partial charge in [-0.2, -0.15) is 0 Å². The van der Waals surface area contributed by atoms with Crippen LogP contribution in [0, 0.1) is 0 Å². The lowest BCUT2D eigenvalue weighted by atomic mass is 10.1. The first-order valence-corrected chi connectivity index (χ1v) is 9.11. The third kappa shape index (κ3) is 3.88. The Morgan fingerprint density at radius 3 is 2.43 bits per heavy atom.